The Morgan fingerprint density at radius 2 is 1.84 bits per heavy atom. The van der Waals surface area contributed by atoms with Gasteiger partial charge < -0.3 is 0 Å². The number of rotatable bonds is 0. The van der Waals surface area contributed by atoms with Gasteiger partial charge >= 0.3 is 0 Å². The fourth-order valence-electron chi connectivity index (χ4n) is 3.15. The minimum atomic E-state index is -0.690. The average Bonchev–Trinajstić information content (AvgIpc) is 2.38. The lowest BCUT2D eigenvalue weighted by atomic mass is 9.65. The summed E-state index contributed by atoms with van der Waals surface area (Å²) in [5.74, 6) is -0.378. The van der Waals surface area contributed by atoms with Crippen molar-refractivity contribution in [3.8, 4) is 0 Å². The summed E-state index contributed by atoms with van der Waals surface area (Å²) in [5, 5.41) is 2.42. The van der Waals surface area contributed by atoms with Crippen molar-refractivity contribution in [1.29, 1.82) is 0 Å². The van der Waals surface area contributed by atoms with Crippen molar-refractivity contribution in [1.82, 2.24) is 5.32 Å². The standard InChI is InChI=1S/C15H15NO3/c1-9-2-3-11-10(8-9)12(17)4-6-15(11)7-5-13(18)16-14(15)19/h2-3,8H,4-7H2,1H3,(H,16,18,19). The Hall–Kier alpha value is -1.97. The third kappa shape index (κ3) is 1.70. The zero-order chi connectivity index (χ0) is 13.6. The quantitative estimate of drug-likeness (QED) is 0.719. The van der Waals surface area contributed by atoms with E-state index in [2.05, 4.69) is 5.32 Å². The van der Waals surface area contributed by atoms with Crippen molar-refractivity contribution in [3.05, 3.63) is 34.9 Å². The van der Waals surface area contributed by atoms with E-state index in [-0.39, 0.29) is 17.6 Å². The van der Waals surface area contributed by atoms with E-state index in [0.717, 1.165) is 11.1 Å². The van der Waals surface area contributed by atoms with Crippen molar-refractivity contribution in [2.75, 3.05) is 0 Å². The predicted octanol–water partition coefficient (Wildman–Crippen LogP) is 1.65. The summed E-state index contributed by atoms with van der Waals surface area (Å²) >= 11 is 0. The van der Waals surface area contributed by atoms with Gasteiger partial charge in [0.2, 0.25) is 11.8 Å². The summed E-state index contributed by atoms with van der Waals surface area (Å²) in [5.41, 5.74) is 1.76. The zero-order valence-corrected chi connectivity index (χ0v) is 10.8. The van der Waals surface area contributed by atoms with Crippen LogP contribution >= 0.6 is 0 Å². The SMILES string of the molecule is Cc1ccc2c(c1)C(=O)CCC21CCC(=O)NC1=O. The molecule has 0 bridgehead atoms. The van der Waals surface area contributed by atoms with Gasteiger partial charge in [-0.25, -0.2) is 0 Å². The lowest BCUT2D eigenvalue weighted by Gasteiger charge is -2.39. The molecule has 1 unspecified atom stereocenters. The first-order valence-corrected chi connectivity index (χ1v) is 6.51. The third-order valence-electron chi connectivity index (χ3n) is 4.24. The van der Waals surface area contributed by atoms with Crippen LogP contribution in [0.5, 0.6) is 0 Å². The second kappa shape index (κ2) is 4.02. The summed E-state index contributed by atoms with van der Waals surface area (Å²) in [4.78, 5) is 35.7. The van der Waals surface area contributed by atoms with E-state index in [1.165, 1.54) is 0 Å². The number of hydrogen-bond donors (Lipinski definition) is 1. The average molecular weight is 257 g/mol. The molecule has 1 N–H and O–H groups in total. The molecule has 1 aromatic rings. The molecule has 1 atom stereocenters. The summed E-state index contributed by atoms with van der Waals surface area (Å²) in [7, 11) is 0. The molecule has 1 aliphatic heterocycles. The van der Waals surface area contributed by atoms with Crippen LogP contribution in [0.2, 0.25) is 0 Å². The maximum absolute atomic E-state index is 12.3. The largest absolute Gasteiger partial charge is 0.296 e. The van der Waals surface area contributed by atoms with Crippen molar-refractivity contribution >= 4 is 17.6 Å². The Morgan fingerprint density at radius 1 is 1.11 bits per heavy atom. The first kappa shape index (κ1) is 12.1. The number of amides is 2. The second-order valence-electron chi connectivity index (χ2n) is 5.43. The van der Waals surface area contributed by atoms with E-state index < -0.39 is 5.41 Å². The number of ketones is 1. The highest BCUT2D eigenvalue weighted by atomic mass is 16.2. The molecule has 0 aromatic heterocycles. The van der Waals surface area contributed by atoms with Crippen LogP contribution in [0.3, 0.4) is 0 Å². The second-order valence-corrected chi connectivity index (χ2v) is 5.43. The Bertz CT molecular complexity index is 605. The van der Waals surface area contributed by atoms with Gasteiger partial charge in [-0.1, -0.05) is 17.7 Å². The number of benzene rings is 1. The number of piperidine rings is 1. The van der Waals surface area contributed by atoms with Gasteiger partial charge in [0.25, 0.3) is 0 Å². The van der Waals surface area contributed by atoms with Crippen LogP contribution in [-0.4, -0.2) is 17.6 Å². The van der Waals surface area contributed by atoms with Gasteiger partial charge in [0.1, 0.15) is 0 Å². The van der Waals surface area contributed by atoms with E-state index in [1.54, 1.807) is 0 Å². The van der Waals surface area contributed by atoms with Crippen LogP contribution in [0, 0.1) is 6.92 Å². The Morgan fingerprint density at radius 3 is 2.58 bits per heavy atom. The molecule has 0 radical (unpaired) electrons. The van der Waals surface area contributed by atoms with Crippen molar-refractivity contribution in [2.24, 2.45) is 0 Å². The van der Waals surface area contributed by atoms with E-state index in [1.807, 2.05) is 25.1 Å². The van der Waals surface area contributed by atoms with Crippen LogP contribution in [0.25, 0.3) is 0 Å². The molecular weight excluding hydrogens is 242 g/mol. The Labute approximate surface area is 111 Å². The molecule has 19 heavy (non-hydrogen) atoms. The molecule has 4 heteroatoms. The third-order valence-corrected chi connectivity index (χ3v) is 4.24. The molecule has 0 saturated carbocycles. The molecule has 1 fully saturated rings. The lowest BCUT2D eigenvalue weighted by Crippen LogP contribution is -2.53. The summed E-state index contributed by atoms with van der Waals surface area (Å²) < 4.78 is 0. The Kier molecular flexibility index (Phi) is 2.55. The molecule has 1 aromatic carbocycles. The van der Waals surface area contributed by atoms with E-state index in [9.17, 15) is 14.4 Å². The van der Waals surface area contributed by atoms with Gasteiger partial charge in [-0.3, -0.25) is 19.7 Å². The van der Waals surface area contributed by atoms with Crippen LogP contribution in [0.15, 0.2) is 18.2 Å². The van der Waals surface area contributed by atoms with Crippen molar-refractivity contribution < 1.29 is 14.4 Å². The fraction of sp³-hybridized carbons (Fsp3) is 0.400. The maximum atomic E-state index is 12.3. The predicted molar refractivity (Wildman–Crippen MR) is 68.8 cm³/mol. The van der Waals surface area contributed by atoms with Crippen LogP contribution < -0.4 is 5.32 Å². The molecular formula is C15H15NO3. The molecule has 4 nitrogen and oxygen atoms in total. The number of nitrogens with one attached hydrogen (secondary N) is 1. The first-order valence-electron chi connectivity index (χ1n) is 6.51. The Balaban J connectivity index is 2.16. The zero-order valence-electron chi connectivity index (χ0n) is 10.8. The highest BCUT2D eigenvalue weighted by Gasteiger charge is 2.48. The van der Waals surface area contributed by atoms with E-state index in [0.29, 0.717) is 31.2 Å². The molecule has 98 valence electrons. The lowest BCUT2D eigenvalue weighted by molar-refractivity contribution is -0.138. The summed E-state index contributed by atoms with van der Waals surface area (Å²) in [6.07, 6.45) is 1.72. The fourth-order valence-corrected chi connectivity index (χ4v) is 3.15. The number of carbonyl (C=O) groups is 3. The highest BCUT2D eigenvalue weighted by Crippen LogP contribution is 2.42. The van der Waals surface area contributed by atoms with Gasteiger partial charge in [0, 0.05) is 18.4 Å². The van der Waals surface area contributed by atoms with Gasteiger partial charge in [0.15, 0.2) is 5.78 Å². The van der Waals surface area contributed by atoms with Crippen LogP contribution in [-0.2, 0) is 15.0 Å². The molecule has 1 heterocycles. The highest BCUT2D eigenvalue weighted by molar-refractivity contribution is 6.08. The normalized spacial score (nSPS) is 26.3. The summed E-state index contributed by atoms with van der Waals surface area (Å²) in [6, 6.07) is 5.64. The number of fused-ring (bicyclic) bond motifs is 2. The molecule has 3 rings (SSSR count). The number of imide groups is 1. The maximum Gasteiger partial charge on any atom is 0.237 e. The van der Waals surface area contributed by atoms with Crippen molar-refractivity contribution in [3.63, 3.8) is 0 Å². The minimum Gasteiger partial charge on any atom is -0.296 e. The van der Waals surface area contributed by atoms with Crippen molar-refractivity contribution in [2.45, 2.75) is 38.0 Å². The van der Waals surface area contributed by atoms with Gasteiger partial charge in [-0.15, -0.1) is 0 Å². The molecule has 1 saturated heterocycles. The van der Waals surface area contributed by atoms with E-state index >= 15 is 0 Å². The van der Waals surface area contributed by atoms with E-state index in [4.69, 9.17) is 0 Å². The first-order chi connectivity index (χ1) is 9.03. The summed E-state index contributed by atoms with van der Waals surface area (Å²) in [6.45, 7) is 1.93. The smallest absolute Gasteiger partial charge is 0.237 e. The molecule has 1 aliphatic carbocycles. The van der Waals surface area contributed by atoms with Gasteiger partial charge in [0.05, 0.1) is 5.41 Å². The number of hydrogen-bond acceptors (Lipinski definition) is 3. The number of Topliss-reactive ketones (excluding diaryl/α,β-unsaturated/α-hetero) is 1. The molecule has 2 amide bonds. The monoisotopic (exact) mass is 257 g/mol. The van der Waals surface area contributed by atoms with Gasteiger partial charge in [-0.2, -0.15) is 0 Å². The number of aryl methyl sites for hydroxylation is 1. The topological polar surface area (TPSA) is 63.2 Å². The molecule has 1 spiro atoms. The van der Waals surface area contributed by atoms with Crippen LogP contribution in [0.1, 0.15) is 47.2 Å². The van der Waals surface area contributed by atoms with Crippen LogP contribution in [0.4, 0.5) is 0 Å². The van der Waals surface area contributed by atoms with Gasteiger partial charge in [-0.05, 0) is 31.4 Å². The number of carbonyl (C=O) groups excluding carboxylic acids is 3. The molecule has 2 aliphatic rings. The minimum absolute atomic E-state index is 0.0917.